The Balaban J connectivity index is 1.65. The molecule has 3 heterocycles. The molecule has 2 N–H and O–H groups in total. The van der Waals surface area contributed by atoms with Crippen LogP contribution in [0.3, 0.4) is 0 Å². The van der Waals surface area contributed by atoms with Gasteiger partial charge < -0.3 is 48.4 Å². The second kappa shape index (κ2) is 13.9. The highest BCUT2D eigenvalue weighted by molar-refractivity contribution is 7.89. The minimum Gasteiger partial charge on any atom is -0.726 e. The number of hydrogen-bond acceptors (Lipinski definition) is 17. The first-order chi connectivity index (χ1) is 17.6. The molecule has 0 aromatic carbocycles. The first kappa shape index (κ1) is 31.3. The number of aliphatic hydroxyl groups is 2. The SMILES string of the molecule is COC[C@H]1OC2COC([C@H]2COC[C@@H]2OC(C)(CO)[C@@H](OSOO[O-])[C@@H](COC)C2O)[C@@H]1OS(=O)(=O)[O-]. The summed E-state index contributed by atoms with van der Waals surface area (Å²) in [5.41, 5.74) is -1.35. The molecule has 4 unspecified atom stereocenters. The van der Waals surface area contributed by atoms with Gasteiger partial charge in [0.2, 0.25) is 10.4 Å². The summed E-state index contributed by atoms with van der Waals surface area (Å²) in [7, 11) is -2.24. The molecule has 18 heteroatoms. The van der Waals surface area contributed by atoms with Gasteiger partial charge in [-0.3, -0.25) is 13.4 Å². The lowest BCUT2D eigenvalue weighted by Gasteiger charge is -2.49. The number of rotatable bonds is 15. The van der Waals surface area contributed by atoms with Crippen molar-refractivity contribution in [2.45, 2.75) is 55.3 Å². The van der Waals surface area contributed by atoms with E-state index in [4.69, 9.17) is 36.8 Å². The predicted molar refractivity (Wildman–Crippen MR) is 116 cm³/mol. The smallest absolute Gasteiger partial charge is 0.218 e. The largest absolute Gasteiger partial charge is 0.726 e. The quantitative estimate of drug-likeness (QED) is 0.0500. The standard InChI is InChI=1S/C19H34O16S2/c1-19(9-20)18(32-36-35-34-22)11(4-26-2)15(21)13(31-19)7-28-5-10-12-8-29-16(10)17(33-37(23,24)25)14(30-12)6-27-3/h10-18,20-22H,4-9H2,1-3H3,(H,23,24,25)/p-2/t10-,11-,12?,13-,14+,15?,16?,17+,18-,19?/m0/s1. The molecule has 0 radical (unpaired) electrons. The second-order valence-electron chi connectivity index (χ2n) is 9.09. The van der Waals surface area contributed by atoms with Crippen LogP contribution in [-0.4, -0.2) is 125 Å². The van der Waals surface area contributed by atoms with E-state index in [2.05, 4.69) is 9.37 Å². The lowest BCUT2D eigenvalue weighted by atomic mass is 9.80. The lowest BCUT2D eigenvalue weighted by Crippen LogP contribution is -2.64. The van der Waals surface area contributed by atoms with E-state index in [1.54, 1.807) is 6.92 Å². The summed E-state index contributed by atoms with van der Waals surface area (Å²) < 4.78 is 81.7. The van der Waals surface area contributed by atoms with Crippen molar-refractivity contribution in [3.05, 3.63) is 0 Å². The average Bonchev–Trinajstić information content (AvgIpc) is 3.15. The summed E-state index contributed by atoms with van der Waals surface area (Å²) in [6, 6.07) is 0. The van der Waals surface area contributed by atoms with Gasteiger partial charge in [-0.2, -0.15) is 0 Å². The Kier molecular flexibility index (Phi) is 11.7. The fourth-order valence-corrected chi connectivity index (χ4v) is 5.99. The Hall–Kier alpha value is -0.260. The van der Waals surface area contributed by atoms with Gasteiger partial charge in [0.05, 0.1) is 58.0 Å². The monoisotopic (exact) mass is 580 g/mol. The van der Waals surface area contributed by atoms with Gasteiger partial charge >= 0.3 is 0 Å². The van der Waals surface area contributed by atoms with Gasteiger partial charge in [0.25, 0.3) is 0 Å². The van der Waals surface area contributed by atoms with E-state index in [1.165, 1.54) is 14.2 Å². The highest BCUT2D eigenvalue weighted by Gasteiger charge is 2.55. The molecule has 0 amide bonds. The predicted octanol–water partition coefficient (Wildman–Crippen LogP) is -2.78. The molecule has 0 aliphatic carbocycles. The molecule has 0 spiro atoms. The fraction of sp³-hybridized carbons (Fsp3) is 1.00. The third kappa shape index (κ3) is 7.69. The Morgan fingerprint density at radius 1 is 1.11 bits per heavy atom. The lowest BCUT2D eigenvalue weighted by molar-refractivity contribution is -0.777. The Morgan fingerprint density at radius 2 is 1.84 bits per heavy atom. The van der Waals surface area contributed by atoms with Crippen LogP contribution in [0.2, 0.25) is 0 Å². The van der Waals surface area contributed by atoms with E-state index in [9.17, 15) is 28.4 Å². The minimum absolute atomic E-state index is 0.00434. The highest BCUT2D eigenvalue weighted by atomic mass is 32.3. The highest BCUT2D eigenvalue weighted by Crippen LogP contribution is 2.39. The van der Waals surface area contributed by atoms with Gasteiger partial charge in [0.15, 0.2) is 12.3 Å². The van der Waals surface area contributed by atoms with Crippen LogP contribution < -0.4 is 5.26 Å². The molecule has 3 aliphatic heterocycles. The zero-order valence-electron chi connectivity index (χ0n) is 20.4. The van der Waals surface area contributed by atoms with E-state index in [0.29, 0.717) is 0 Å². The van der Waals surface area contributed by atoms with Crippen molar-refractivity contribution in [3.63, 3.8) is 0 Å². The second-order valence-corrected chi connectivity index (χ2v) is 10.6. The van der Waals surface area contributed by atoms with Gasteiger partial charge in [-0.05, 0) is 6.92 Å². The van der Waals surface area contributed by atoms with Gasteiger partial charge in [0, 0.05) is 26.1 Å². The minimum atomic E-state index is -5.05. The Labute approximate surface area is 218 Å². The molecule has 3 aliphatic rings. The molecule has 0 saturated carbocycles. The Morgan fingerprint density at radius 3 is 2.46 bits per heavy atom. The molecule has 3 rings (SSSR count). The zero-order chi connectivity index (χ0) is 27.2. The molecule has 37 heavy (non-hydrogen) atoms. The van der Waals surface area contributed by atoms with Crippen molar-refractivity contribution < 1.29 is 74.6 Å². The summed E-state index contributed by atoms with van der Waals surface area (Å²) in [4.78, 5) is 0. The third-order valence-corrected chi connectivity index (χ3v) is 7.50. The van der Waals surface area contributed by atoms with E-state index in [-0.39, 0.29) is 45.4 Å². The number of hydrogen-bond donors (Lipinski definition) is 2. The van der Waals surface area contributed by atoms with Crippen LogP contribution in [-0.2, 0) is 56.6 Å². The maximum absolute atomic E-state index is 11.3. The van der Waals surface area contributed by atoms with Crippen LogP contribution in [0.15, 0.2) is 0 Å². The van der Waals surface area contributed by atoms with Crippen molar-refractivity contribution in [1.29, 1.82) is 0 Å². The normalized spacial score (nSPS) is 40.2. The van der Waals surface area contributed by atoms with Gasteiger partial charge in [-0.25, -0.2) is 8.42 Å². The number of aliphatic hydroxyl groups excluding tert-OH is 2. The van der Waals surface area contributed by atoms with E-state index < -0.39 is 77.2 Å². The zero-order valence-corrected chi connectivity index (χ0v) is 22.0. The van der Waals surface area contributed by atoms with Crippen LogP contribution >= 0.6 is 12.3 Å². The van der Waals surface area contributed by atoms with Crippen LogP contribution in [0.4, 0.5) is 0 Å². The Bertz CT molecular complexity index is 803. The molecule has 0 aromatic heterocycles. The molecular weight excluding hydrogens is 548 g/mol. The summed E-state index contributed by atoms with van der Waals surface area (Å²) in [5, 5.41) is 34.3. The first-order valence-electron chi connectivity index (χ1n) is 11.3. The van der Waals surface area contributed by atoms with Crippen molar-refractivity contribution in [2.24, 2.45) is 11.8 Å². The molecule has 2 bridgehead atoms. The summed E-state index contributed by atoms with van der Waals surface area (Å²) in [6.45, 7) is 1.01. The summed E-state index contributed by atoms with van der Waals surface area (Å²) in [6.07, 6.45) is -6.44. The van der Waals surface area contributed by atoms with Crippen molar-refractivity contribution >= 4 is 22.7 Å². The van der Waals surface area contributed by atoms with Gasteiger partial charge in [0.1, 0.15) is 30.0 Å². The van der Waals surface area contributed by atoms with E-state index in [0.717, 1.165) is 0 Å². The molecule has 218 valence electrons. The van der Waals surface area contributed by atoms with Gasteiger partial charge in [-0.1, -0.05) is 0 Å². The summed E-state index contributed by atoms with van der Waals surface area (Å²) >= 11 is 0.225. The first-order valence-corrected chi connectivity index (χ1v) is 13.3. The van der Waals surface area contributed by atoms with Crippen molar-refractivity contribution in [1.82, 2.24) is 0 Å². The number of fused-ring (bicyclic) bond motifs is 2. The van der Waals surface area contributed by atoms with E-state index >= 15 is 0 Å². The molecule has 0 aromatic rings. The van der Waals surface area contributed by atoms with Crippen LogP contribution in [0.25, 0.3) is 0 Å². The number of ether oxygens (including phenoxy) is 6. The van der Waals surface area contributed by atoms with Crippen LogP contribution in [0, 0.1) is 11.8 Å². The van der Waals surface area contributed by atoms with Crippen LogP contribution in [0.5, 0.6) is 0 Å². The average molecular weight is 581 g/mol. The van der Waals surface area contributed by atoms with Crippen LogP contribution in [0.1, 0.15) is 6.92 Å². The third-order valence-electron chi connectivity index (χ3n) is 6.65. The number of methoxy groups -OCH3 is 2. The molecule has 16 nitrogen and oxygen atoms in total. The fourth-order valence-electron chi connectivity index (χ4n) is 5.00. The molecule has 10 atom stereocenters. The van der Waals surface area contributed by atoms with Crippen molar-refractivity contribution in [2.75, 3.05) is 53.9 Å². The van der Waals surface area contributed by atoms with E-state index in [1.807, 2.05) is 0 Å². The molecule has 3 fully saturated rings. The maximum atomic E-state index is 11.3. The van der Waals surface area contributed by atoms with Crippen molar-refractivity contribution in [3.8, 4) is 0 Å². The topological polar surface area (TPSA) is 213 Å². The maximum Gasteiger partial charge on any atom is 0.218 e. The molecule has 3 saturated heterocycles. The summed E-state index contributed by atoms with van der Waals surface area (Å²) in [5.74, 6) is -1.21. The van der Waals surface area contributed by atoms with Gasteiger partial charge in [-0.15, -0.1) is 4.33 Å². The molecular formula is C19H32O16S2-2.